The van der Waals surface area contributed by atoms with Crippen molar-refractivity contribution >= 4 is 0 Å². The molecule has 0 unspecified atom stereocenters. The van der Waals surface area contributed by atoms with Crippen LogP contribution in [0.15, 0.2) is 28.8 Å². The molecule has 0 saturated heterocycles. The van der Waals surface area contributed by atoms with E-state index in [1.807, 2.05) is 30.7 Å². The molecule has 3 aromatic rings. The maximum absolute atomic E-state index is 8.94. The van der Waals surface area contributed by atoms with Gasteiger partial charge in [-0.1, -0.05) is 19.0 Å². The number of aryl methyl sites for hydroxylation is 3. The molecule has 3 rings (SSSR count). The van der Waals surface area contributed by atoms with Gasteiger partial charge in [0.1, 0.15) is 17.2 Å². The van der Waals surface area contributed by atoms with Crippen molar-refractivity contribution in [3.63, 3.8) is 0 Å². The highest BCUT2D eigenvalue weighted by atomic mass is 16.5. The second-order valence-electron chi connectivity index (χ2n) is 6.13. The largest absolute Gasteiger partial charge is 0.453 e. The third-order valence-corrected chi connectivity index (χ3v) is 4.44. The second-order valence-corrected chi connectivity index (χ2v) is 6.13. The van der Waals surface area contributed by atoms with Gasteiger partial charge < -0.3 is 9.26 Å². The Labute approximate surface area is 153 Å². The maximum atomic E-state index is 8.94. The molecule has 0 aliphatic rings. The molecule has 1 aromatic carbocycles. The maximum Gasteiger partial charge on any atom is 0.171 e. The van der Waals surface area contributed by atoms with Gasteiger partial charge in [-0.3, -0.25) is 4.68 Å². The third-order valence-electron chi connectivity index (χ3n) is 4.44. The van der Waals surface area contributed by atoms with Crippen molar-refractivity contribution in [1.82, 2.24) is 14.9 Å². The zero-order chi connectivity index (χ0) is 18.7. The molecule has 2 heterocycles. The van der Waals surface area contributed by atoms with Crippen LogP contribution in [0.1, 0.15) is 47.8 Å². The zero-order valence-electron chi connectivity index (χ0n) is 15.5. The summed E-state index contributed by atoms with van der Waals surface area (Å²) in [6.45, 7) is 8.61. The van der Waals surface area contributed by atoms with Crippen molar-refractivity contribution < 1.29 is 9.26 Å². The fourth-order valence-corrected chi connectivity index (χ4v) is 2.95. The van der Waals surface area contributed by atoms with Crippen molar-refractivity contribution in [1.29, 1.82) is 5.26 Å². The predicted octanol–water partition coefficient (Wildman–Crippen LogP) is 4.33. The van der Waals surface area contributed by atoms with Crippen LogP contribution in [0.5, 0.6) is 11.5 Å². The molecule has 0 bridgehead atoms. The number of nitriles is 1. The smallest absolute Gasteiger partial charge is 0.171 e. The Hall–Kier alpha value is -3.07. The number of hydrogen-bond donors (Lipinski definition) is 0. The van der Waals surface area contributed by atoms with Crippen molar-refractivity contribution in [2.75, 3.05) is 0 Å². The number of rotatable bonds is 6. The van der Waals surface area contributed by atoms with Crippen LogP contribution < -0.4 is 4.74 Å². The van der Waals surface area contributed by atoms with E-state index < -0.39 is 0 Å². The molecule has 2 aromatic heterocycles. The summed E-state index contributed by atoms with van der Waals surface area (Å²) in [5.41, 5.74) is 4.49. The summed E-state index contributed by atoms with van der Waals surface area (Å²) >= 11 is 0. The van der Waals surface area contributed by atoms with Crippen LogP contribution in [-0.2, 0) is 19.4 Å². The molecular weight excluding hydrogens is 328 g/mol. The van der Waals surface area contributed by atoms with Gasteiger partial charge >= 0.3 is 0 Å². The highest BCUT2D eigenvalue weighted by Crippen LogP contribution is 2.31. The van der Waals surface area contributed by atoms with E-state index in [1.165, 1.54) is 0 Å². The SMILES string of the molecule is CCc1nn(Cc2c(C)noc2C)c(CC)c1Oc1ccc(C#N)cc1. The fraction of sp³-hybridized carbons (Fsp3) is 0.350. The Morgan fingerprint density at radius 3 is 2.42 bits per heavy atom. The molecular formula is C20H22N4O2. The highest BCUT2D eigenvalue weighted by molar-refractivity contribution is 5.41. The first-order valence-electron chi connectivity index (χ1n) is 8.75. The molecule has 6 heteroatoms. The van der Waals surface area contributed by atoms with Crippen molar-refractivity contribution in [3.8, 4) is 17.6 Å². The topological polar surface area (TPSA) is 76.9 Å². The van der Waals surface area contributed by atoms with Crippen molar-refractivity contribution in [3.05, 3.63) is 58.2 Å². The zero-order valence-corrected chi connectivity index (χ0v) is 15.5. The van der Waals surface area contributed by atoms with Crippen LogP contribution in [0.25, 0.3) is 0 Å². The molecule has 0 aliphatic heterocycles. The quantitative estimate of drug-likeness (QED) is 0.661. The van der Waals surface area contributed by atoms with Crippen molar-refractivity contribution in [2.24, 2.45) is 0 Å². The Morgan fingerprint density at radius 2 is 1.88 bits per heavy atom. The van der Waals surface area contributed by atoms with Gasteiger partial charge in [-0.2, -0.15) is 10.4 Å². The fourth-order valence-electron chi connectivity index (χ4n) is 2.95. The predicted molar refractivity (Wildman–Crippen MR) is 97.3 cm³/mol. The van der Waals surface area contributed by atoms with Gasteiger partial charge in [0.2, 0.25) is 0 Å². The van der Waals surface area contributed by atoms with Gasteiger partial charge in [-0.15, -0.1) is 0 Å². The monoisotopic (exact) mass is 350 g/mol. The minimum absolute atomic E-state index is 0.605. The van der Waals surface area contributed by atoms with E-state index in [-0.39, 0.29) is 0 Å². The summed E-state index contributed by atoms with van der Waals surface area (Å²) in [5.74, 6) is 2.31. The highest BCUT2D eigenvalue weighted by Gasteiger charge is 2.20. The standard InChI is InChI=1S/C20H22N4O2/c1-5-18-20(25-16-9-7-15(11-21)8-10-16)19(6-2)24(22-18)12-17-13(3)23-26-14(17)4/h7-10H,5-6,12H2,1-4H3. The van der Waals surface area contributed by atoms with Gasteiger partial charge in [0.05, 0.1) is 29.6 Å². The van der Waals surface area contributed by atoms with Crippen LogP contribution in [0.3, 0.4) is 0 Å². The lowest BCUT2D eigenvalue weighted by Gasteiger charge is -2.09. The molecule has 0 radical (unpaired) electrons. The molecule has 0 fully saturated rings. The number of aromatic nitrogens is 3. The molecule has 6 nitrogen and oxygen atoms in total. The van der Waals surface area contributed by atoms with Gasteiger partial charge in [0.25, 0.3) is 0 Å². The Bertz CT molecular complexity index is 926. The first-order valence-corrected chi connectivity index (χ1v) is 8.75. The first-order chi connectivity index (χ1) is 12.6. The van der Waals surface area contributed by atoms with Crippen LogP contribution >= 0.6 is 0 Å². The molecule has 0 amide bonds. The molecule has 26 heavy (non-hydrogen) atoms. The molecule has 0 saturated carbocycles. The number of hydrogen-bond acceptors (Lipinski definition) is 5. The van der Waals surface area contributed by atoms with E-state index in [0.717, 1.165) is 47.0 Å². The molecule has 134 valence electrons. The molecule has 0 N–H and O–H groups in total. The molecule has 0 atom stereocenters. The third kappa shape index (κ3) is 3.33. The van der Waals surface area contributed by atoms with E-state index in [4.69, 9.17) is 19.6 Å². The van der Waals surface area contributed by atoms with E-state index in [9.17, 15) is 0 Å². The summed E-state index contributed by atoms with van der Waals surface area (Å²) < 4.78 is 13.4. The van der Waals surface area contributed by atoms with Gasteiger partial charge in [-0.05, 0) is 51.0 Å². The van der Waals surface area contributed by atoms with Gasteiger partial charge in [0, 0.05) is 5.56 Å². The number of nitrogens with zero attached hydrogens (tertiary/aromatic N) is 4. The normalized spacial score (nSPS) is 10.7. The van der Waals surface area contributed by atoms with Gasteiger partial charge in [0.15, 0.2) is 5.75 Å². The Balaban J connectivity index is 1.96. The summed E-state index contributed by atoms with van der Waals surface area (Å²) in [5, 5.41) is 17.7. The summed E-state index contributed by atoms with van der Waals surface area (Å²) in [6, 6.07) is 9.23. The lowest BCUT2D eigenvalue weighted by molar-refractivity contribution is 0.391. The van der Waals surface area contributed by atoms with E-state index in [0.29, 0.717) is 17.9 Å². The van der Waals surface area contributed by atoms with Crippen LogP contribution in [0, 0.1) is 25.2 Å². The van der Waals surface area contributed by atoms with E-state index in [1.54, 1.807) is 12.1 Å². The van der Waals surface area contributed by atoms with E-state index in [2.05, 4.69) is 25.1 Å². The minimum atomic E-state index is 0.605. The molecule has 0 aliphatic carbocycles. The second kappa shape index (κ2) is 7.44. The lowest BCUT2D eigenvalue weighted by atomic mass is 10.2. The minimum Gasteiger partial charge on any atom is -0.453 e. The number of ether oxygens (including phenoxy) is 1. The Kier molecular flexibility index (Phi) is 5.08. The van der Waals surface area contributed by atoms with Crippen LogP contribution in [-0.4, -0.2) is 14.9 Å². The van der Waals surface area contributed by atoms with E-state index >= 15 is 0 Å². The van der Waals surface area contributed by atoms with Crippen LogP contribution in [0.4, 0.5) is 0 Å². The van der Waals surface area contributed by atoms with Crippen molar-refractivity contribution in [2.45, 2.75) is 47.1 Å². The summed E-state index contributed by atoms with van der Waals surface area (Å²) in [6.07, 6.45) is 1.56. The summed E-state index contributed by atoms with van der Waals surface area (Å²) in [7, 11) is 0. The first kappa shape index (κ1) is 17.7. The van der Waals surface area contributed by atoms with Crippen LogP contribution in [0.2, 0.25) is 0 Å². The average molecular weight is 350 g/mol. The lowest BCUT2D eigenvalue weighted by Crippen LogP contribution is -2.07. The van der Waals surface area contributed by atoms with Gasteiger partial charge in [-0.25, -0.2) is 0 Å². The number of benzene rings is 1. The Morgan fingerprint density at radius 1 is 1.15 bits per heavy atom. The molecule has 0 spiro atoms. The average Bonchev–Trinajstić information content (AvgIpc) is 3.16. The summed E-state index contributed by atoms with van der Waals surface area (Å²) in [4.78, 5) is 0.